The maximum Gasteiger partial charge on any atom is 0.187 e. The minimum Gasteiger partial charge on any atom is -0.497 e. The molecular formula is C19H21NO3. The van der Waals surface area contributed by atoms with Gasteiger partial charge in [-0.2, -0.15) is 0 Å². The molecule has 1 N–H and O–H groups in total. The summed E-state index contributed by atoms with van der Waals surface area (Å²) in [5.41, 5.74) is 2.27. The van der Waals surface area contributed by atoms with E-state index in [2.05, 4.69) is 5.32 Å². The van der Waals surface area contributed by atoms with Crippen LogP contribution in [0.2, 0.25) is 0 Å². The molecule has 0 spiro atoms. The quantitative estimate of drug-likeness (QED) is 0.612. The van der Waals surface area contributed by atoms with Gasteiger partial charge < -0.3 is 14.8 Å². The van der Waals surface area contributed by atoms with Crippen LogP contribution in [0.25, 0.3) is 0 Å². The first kappa shape index (κ1) is 16.6. The van der Waals surface area contributed by atoms with Crippen molar-refractivity contribution in [1.29, 1.82) is 0 Å². The number of anilines is 1. The summed E-state index contributed by atoms with van der Waals surface area (Å²) in [6.45, 7) is 4.42. The Morgan fingerprint density at radius 3 is 2.52 bits per heavy atom. The van der Waals surface area contributed by atoms with Gasteiger partial charge in [0, 0.05) is 29.1 Å². The topological polar surface area (TPSA) is 47.6 Å². The van der Waals surface area contributed by atoms with E-state index in [1.54, 1.807) is 37.5 Å². The van der Waals surface area contributed by atoms with Crippen LogP contribution in [0.5, 0.6) is 11.5 Å². The zero-order valence-corrected chi connectivity index (χ0v) is 13.6. The summed E-state index contributed by atoms with van der Waals surface area (Å²) in [7, 11) is 1.60. The van der Waals surface area contributed by atoms with E-state index < -0.39 is 0 Å². The molecule has 0 aromatic heterocycles. The fourth-order valence-electron chi connectivity index (χ4n) is 2.13. The lowest BCUT2D eigenvalue weighted by Gasteiger charge is -2.09. The van der Waals surface area contributed by atoms with E-state index in [1.165, 1.54) is 0 Å². The molecule has 0 saturated carbocycles. The predicted octanol–water partition coefficient (Wildman–Crippen LogP) is 4.29. The van der Waals surface area contributed by atoms with Crippen molar-refractivity contribution in [2.45, 2.75) is 13.8 Å². The smallest absolute Gasteiger partial charge is 0.187 e. The molecule has 0 atom stereocenters. The van der Waals surface area contributed by atoms with Crippen LogP contribution in [0, 0.1) is 0 Å². The number of methoxy groups -OCH3 is 1. The van der Waals surface area contributed by atoms with Gasteiger partial charge in [-0.1, -0.05) is 6.07 Å². The summed E-state index contributed by atoms with van der Waals surface area (Å²) >= 11 is 0. The number of carbonyl (C=O) groups excluding carboxylic acids is 1. The number of hydrogen-bond acceptors (Lipinski definition) is 4. The Kier molecular flexibility index (Phi) is 5.80. The highest BCUT2D eigenvalue weighted by Crippen LogP contribution is 2.19. The molecule has 0 amide bonds. The standard InChI is InChI=1S/C19H21NO3/c1-4-23-18-7-5-6-16(13-18)20-14(2)12-19(21)15-8-10-17(22-3)11-9-15/h5-13,20H,4H2,1-3H3/b14-12+. The van der Waals surface area contributed by atoms with Gasteiger partial charge in [0.1, 0.15) is 11.5 Å². The number of carbonyl (C=O) groups is 1. The fraction of sp³-hybridized carbons (Fsp3) is 0.211. The van der Waals surface area contributed by atoms with Crippen LogP contribution in [0.4, 0.5) is 5.69 Å². The van der Waals surface area contributed by atoms with Gasteiger partial charge in [-0.05, 0) is 50.2 Å². The Bertz CT molecular complexity index is 690. The average molecular weight is 311 g/mol. The Morgan fingerprint density at radius 2 is 1.87 bits per heavy atom. The first-order valence-electron chi connectivity index (χ1n) is 7.49. The normalized spacial score (nSPS) is 11.0. The maximum atomic E-state index is 12.2. The molecule has 0 aliphatic rings. The number of ketones is 1. The second-order valence-electron chi connectivity index (χ2n) is 5.01. The van der Waals surface area contributed by atoms with Gasteiger partial charge in [0.2, 0.25) is 0 Å². The largest absolute Gasteiger partial charge is 0.497 e. The van der Waals surface area contributed by atoms with Crippen molar-refractivity contribution in [3.63, 3.8) is 0 Å². The zero-order valence-electron chi connectivity index (χ0n) is 13.6. The lowest BCUT2D eigenvalue weighted by molar-refractivity contribution is 0.104. The Morgan fingerprint density at radius 1 is 1.13 bits per heavy atom. The third kappa shape index (κ3) is 4.88. The van der Waals surface area contributed by atoms with E-state index in [0.717, 1.165) is 22.9 Å². The van der Waals surface area contributed by atoms with Crippen molar-refractivity contribution in [1.82, 2.24) is 0 Å². The summed E-state index contributed by atoms with van der Waals surface area (Å²) in [6, 6.07) is 14.7. The van der Waals surface area contributed by atoms with Gasteiger partial charge >= 0.3 is 0 Å². The predicted molar refractivity (Wildman–Crippen MR) is 92.3 cm³/mol. The van der Waals surface area contributed by atoms with Gasteiger partial charge in [0.05, 0.1) is 13.7 Å². The van der Waals surface area contributed by atoms with Gasteiger partial charge in [-0.3, -0.25) is 4.79 Å². The van der Waals surface area contributed by atoms with Gasteiger partial charge in [0.25, 0.3) is 0 Å². The molecule has 0 aliphatic heterocycles. The molecule has 4 nitrogen and oxygen atoms in total. The summed E-state index contributed by atoms with van der Waals surface area (Å²) < 4.78 is 10.6. The van der Waals surface area contributed by atoms with Crippen molar-refractivity contribution in [2.75, 3.05) is 19.0 Å². The summed E-state index contributed by atoms with van der Waals surface area (Å²) in [5.74, 6) is 1.47. The average Bonchev–Trinajstić information content (AvgIpc) is 2.55. The van der Waals surface area contributed by atoms with E-state index in [4.69, 9.17) is 9.47 Å². The fourth-order valence-corrected chi connectivity index (χ4v) is 2.13. The lowest BCUT2D eigenvalue weighted by Crippen LogP contribution is -2.02. The van der Waals surface area contributed by atoms with Crippen LogP contribution in [0.1, 0.15) is 24.2 Å². The van der Waals surface area contributed by atoms with Gasteiger partial charge in [-0.25, -0.2) is 0 Å². The molecule has 0 saturated heterocycles. The first-order chi connectivity index (χ1) is 11.1. The minimum atomic E-state index is -0.0568. The molecule has 0 unspecified atom stereocenters. The van der Waals surface area contributed by atoms with E-state index in [1.807, 2.05) is 38.1 Å². The highest BCUT2D eigenvalue weighted by atomic mass is 16.5. The molecule has 0 fully saturated rings. The molecule has 2 rings (SSSR count). The second-order valence-corrected chi connectivity index (χ2v) is 5.01. The van der Waals surface area contributed by atoms with E-state index in [9.17, 15) is 4.79 Å². The summed E-state index contributed by atoms with van der Waals surface area (Å²) in [6.07, 6.45) is 1.58. The van der Waals surface area contributed by atoms with E-state index in [0.29, 0.717) is 12.2 Å². The molecule has 4 heteroatoms. The summed E-state index contributed by atoms with van der Waals surface area (Å²) in [5, 5.41) is 3.20. The van der Waals surface area contributed by atoms with Crippen molar-refractivity contribution < 1.29 is 14.3 Å². The number of allylic oxidation sites excluding steroid dienone is 2. The van der Waals surface area contributed by atoms with Crippen molar-refractivity contribution in [3.8, 4) is 11.5 Å². The molecule has 23 heavy (non-hydrogen) atoms. The molecule has 0 heterocycles. The van der Waals surface area contributed by atoms with Crippen molar-refractivity contribution in [3.05, 3.63) is 65.9 Å². The van der Waals surface area contributed by atoms with E-state index >= 15 is 0 Å². The molecule has 0 bridgehead atoms. The number of hydrogen-bond donors (Lipinski definition) is 1. The van der Waals surface area contributed by atoms with Gasteiger partial charge in [0.15, 0.2) is 5.78 Å². The monoisotopic (exact) mass is 311 g/mol. The number of rotatable bonds is 7. The SMILES string of the molecule is CCOc1cccc(N/C(C)=C/C(=O)c2ccc(OC)cc2)c1. The maximum absolute atomic E-state index is 12.2. The van der Waals surface area contributed by atoms with E-state index in [-0.39, 0.29) is 5.78 Å². The molecule has 120 valence electrons. The molecular weight excluding hydrogens is 290 g/mol. The minimum absolute atomic E-state index is 0.0568. The van der Waals surface area contributed by atoms with Crippen LogP contribution in [-0.2, 0) is 0 Å². The van der Waals surface area contributed by atoms with Crippen LogP contribution in [0.15, 0.2) is 60.3 Å². The molecule has 0 radical (unpaired) electrons. The van der Waals surface area contributed by atoms with Crippen LogP contribution < -0.4 is 14.8 Å². The van der Waals surface area contributed by atoms with Crippen LogP contribution in [-0.4, -0.2) is 19.5 Å². The number of ether oxygens (including phenoxy) is 2. The highest BCUT2D eigenvalue weighted by Gasteiger charge is 2.04. The molecule has 2 aromatic rings. The van der Waals surface area contributed by atoms with Crippen molar-refractivity contribution >= 4 is 11.5 Å². The van der Waals surface area contributed by atoms with Crippen LogP contribution >= 0.6 is 0 Å². The lowest BCUT2D eigenvalue weighted by atomic mass is 10.1. The third-order valence-corrected chi connectivity index (χ3v) is 3.21. The third-order valence-electron chi connectivity index (χ3n) is 3.21. The van der Waals surface area contributed by atoms with Crippen LogP contribution in [0.3, 0.4) is 0 Å². The second kappa shape index (κ2) is 8.03. The molecule has 0 aliphatic carbocycles. The first-order valence-corrected chi connectivity index (χ1v) is 7.49. The number of nitrogens with one attached hydrogen (secondary N) is 1. The van der Waals surface area contributed by atoms with Gasteiger partial charge in [-0.15, -0.1) is 0 Å². The number of benzene rings is 2. The zero-order chi connectivity index (χ0) is 16.7. The highest BCUT2D eigenvalue weighted by molar-refractivity contribution is 6.05. The summed E-state index contributed by atoms with van der Waals surface area (Å²) in [4.78, 5) is 12.2. The van der Waals surface area contributed by atoms with Crippen molar-refractivity contribution in [2.24, 2.45) is 0 Å². The molecule has 2 aromatic carbocycles. The Balaban J connectivity index is 2.06. The Labute approximate surface area is 136 Å². The Hall–Kier alpha value is -2.75.